The van der Waals surface area contributed by atoms with Crippen molar-refractivity contribution in [1.29, 1.82) is 0 Å². The van der Waals surface area contributed by atoms with Crippen LogP contribution in [0.5, 0.6) is 0 Å². The fourth-order valence-electron chi connectivity index (χ4n) is 1.85. The summed E-state index contributed by atoms with van der Waals surface area (Å²) >= 11 is 1.35. The summed E-state index contributed by atoms with van der Waals surface area (Å²) in [6.45, 7) is 1.38. The molecule has 112 valence electrons. The molecule has 0 aliphatic rings. The van der Waals surface area contributed by atoms with Gasteiger partial charge in [0, 0.05) is 12.0 Å². The minimum absolute atomic E-state index is 0.164. The van der Waals surface area contributed by atoms with Crippen LogP contribution in [-0.2, 0) is 11.3 Å². The number of benzene rings is 1. The third-order valence-electron chi connectivity index (χ3n) is 2.84. The number of nitrogens with one attached hydrogen (secondary N) is 1. The summed E-state index contributed by atoms with van der Waals surface area (Å²) in [7, 11) is 0. The van der Waals surface area contributed by atoms with Gasteiger partial charge in [-0.2, -0.15) is 4.68 Å². The molecule has 1 amide bonds. The van der Waals surface area contributed by atoms with E-state index >= 15 is 0 Å². The van der Waals surface area contributed by atoms with Gasteiger partial charge in [0.1, 0.15) is 6.54 Å². The van der Waals surface area contributed by atoms with Crippen LogP contribution in [0.4, 0.5) is 11.1 Å². The Morgan fingerprint density at radius 2 is 2.18 bits per heavy atom. The highest BCUT2D eigenvalue weighted by atomic mass is 32.1. The molecule has 10 heteroatoms. The Labute approximate surface area is 127 Å². The van der Waals surface area contributed by atoms with E-state index in [1.165, 1.54) is 16.0 Å². The lowest BCUT2D eigenvalue weighted by Gasteiger charge is -1.99. The quantitative estimate of drug-likeness (QED) is 0.578. The van der Waals surface area contributed by atoms with E-state index in [-0.39, 0.29) is 12.5 Å². The van der Waals surface area contributed by atoms with Crippen molar-refractivity contribution in [2.45, 2.75) is 13.5 Å². The van der Waals surface area contributed by atoms with E-state index in [2.05, 4.69) is 20.4 Å². The molecule has 0 aliphatic carbocycles. The highest BCUT2D eigenvalue weighted by Gasteiger charge is 2.20. The number of nitro groups is 1. The van der Waals surface area contributed by atoms with Gasteiger partial charge in [-0.1, -0.05) is 23.5 Å². The van der Waals surface area contributed by atoms with Gasteiger partial charge in [0.15, 0.2) is 5.13 Å². The molecule has 1 aromatic carbocycles. The highest BCUT2D eigenvalue weighted by molar-refractivity contribution is 7.22. The van der Waals surface area contributed by atoms with Crippen LogP contribution in [-0.4, -0.2) is 30.6 Å². The molecular weight excluding hydrogens is 308 g/mol. The molecule has 0 radical (unpaired) electrons. The number of para-hydroxylation sites is 1. The molecule has 0 atom stereocenters. The number of amides is 1. The minimum atomic E-state index is -0.699. The van der Waals surface area contributed by atoms with Crippen molar-refractivity contribution < 1.29 is 9.72 Å². The van der Waals surface area contributed by atoms with Crippen molar-refractivity contribution in [2.75, 3.05) is 5.32 Å². The first-order chi connectivity index (χ1) is 10.5. The topological polar surface area (TPSA) is 116 Å². The Kier molecular flexibility index (Phi) is 3.51. The number of thiazole rings is 1. The van der Waals surface area contributed by atoms with Gasteiger partial charge in [-0.3, -0.25) is 4.79 Å². The average Bonchev–Trinajstić information content (AvgIpc) is 3.02. The van der Waals surface area contributed by atoms with Gasteiger partial charge in [-0.05, 0) is 22.0 Å². The van der Waals surface area contributed by atoms with E-state index in [1.807, 2.05) is 24.3 Å². The van der Waals surface area contributed by atoms with Crippen LogP contribution < -0.4 is 5.32 Å². The lowest BCUT2D eigenvalue weighted by atomic mass is 10.3. The largest absolute Gasteiger partial charge is 0.491 e. The zero-order chi connectivity index (χ0) is 15.7. The second-order valence-corrected chi connectivity index (χ2v) is 5.44. The van der Waals surface area contributed by atoms with E-state index in [0.29, 0.717) is 11.0 Å². The molecule has 0 unspecified atom stereocenters. The fourth-order valence-corrected chi connectivity index (χ4v) is 2.73. The van der Waals surface area contributed by atoms with Crippen molar-refractivity contribution in [3.63, 3.8) is 0 Å². The molecule has 0 saturated heterocycles. The minimum Gasteiger partial charge on any atom is -0.390 e. The summed E-state index contributed by atoms with van der Waals surface area (Å²) in [6.07, 6.45) is 0. The molecule has 0 spiro atoms. The number of anilines is 1. The second-order valence-electron chi connectivity index (χ2n) is 4.41. The van der Waals surface area contributed by atoms with Gasteiger partial charge < -0.3 is 15.4 Å². The predicted octanol–water partition coefficient (Wildman–Crippen LogP) is 1.74. The van der Waals surface area contributed by atoms with Crippen LogP contribution in [0.3, 0.4) is 0 Å². The lowest BCUT2D eigenvalue weighted by Crippen LogP contribution is -2.20. The summed E-state index contributed by atoms with van der Waals surface area (Å²) in [5, 5.41) is 17.4. The summed E-state index contributed by atoms with van der Waals surface area (Å²) < 4.78 is 2.14. The highest BCUT2D eigenvalue weighted by Crippen LogP contribution is 2.25. The first kappa shape index (κ1) is 14.1. The number of carbonyl (C=O) groups is 1. The van der Waals surface area contributed by atoms with Gasteiger partial charge in [0.25, 0.3) is 0 Å². The molecule has 1 N–H and O–H groups in total. The zero-order valence-electron chi connectivity index (χ0n) is 11.4. The maximum Gasteiger partial charge on any atom is 0.491 e. The van der Waals surface area contributed by atoms with E-state index in [0.717, 1.165) is 10.2 Å². The number of hydrogen-bond acceptors (Lipinski definition) is 7. The van der Waals surface area contributed by atoms with E-state index in [1.54, 1.807) is 6.92 Å². The lowest BCUT2D eigenvalue weighted by molar-refractivity contribution is -0.394. The van der Waals surface area contributed by atoms with Gasteiger partial charge in [0.05, 0.1) is 10.2 Å². The van der Waals surface area contributed by atoms with Gasteiger partial charge in [-0.25, -0.2) is 4.98 Å². The number of rotatable bonds is 4. The van der Waals surface area contributed by atoms with E-state index < -0.39 is 10.9 Å². The Morgan fingerprint density at radius 3 is 2.86 bits per heavy atom. The maximum absolute atomic E-state index is 12.0. The Hall–Kier alpha value is -2.88. The third kappa shape index (κ3) is 2.76. The number of nitrogens with zero attached hydrogens (tertiary/aromatic N) is 5. The second kappa shape index (κ2) is 5.48. The molecule has 2 heterocycles. The van der Waals surface area contributed by atoms with Crippen LogP contribution in [0.2, 0.25) is 0 Å². The van der Waals surface area contributed by atoms with Gasteiger partial charge in [-0.15, -0.1) is 0 Å². The summed E-state index contributed by atoms with van der Waals surface area (Å²) in [4.78, 5) is 29.8. The maximum atomic E-state index is 12.0. The van der Waals surface area contributed by atoms with Gasteiger partial charge >= 0.3 is 5.95 Å². The number of fused-ring (bicyclic) bond motifs is 1. The molecule has 2 aromatic heterocycles. The van der Waals surface area contributed by atoms with Crippen molar-refractivity contribution >= 4 is 38.5 Å². The number of aryl methyl sites for hydroxylation is 1. The molecule has 22 heavy (non-hydrogen) atoms. The molecule has 0 saturated carbocycles. The zero-order valence-corrected chi connectivity index (χ0v) is 12.2. The Balaban J connectivity index is 1.73. The number of aromatic nitrogens is 4. The first-order valence-corrected chi connectivity index (χ1v) is 7.06. The van der Waals surface area contributed by atoms with Crippen LogP contribution in [0.25, 0.3) is 10.2 Å². The van der Waals surface area contributed by atoms with Crippen LogP contribution >= 0.6 is 11.3 Å². The van der Waals surface area contributed by atoms with Crippen LogP contribution in [0.1, 0.15) is 5.82 Å². The Morgan fingerprint density at radius 1 is 1.41 bits per heavy atom. The first-order valence-electron chi connectivity index (χ1n) is 6.24. The van der Waals surface area contributed by atoms with Crippen molar-refractivity contribution in [2.24, 2.45) is 0 Å². The molecule has 3 rings (SSSR count). The molecule has 0 bridgehead atoms. The number of hydrogen-bond donors (Lipinski definition) is 1. The van der Waals surface area contributed by atoms with E-state index in [9.17, 15) is 14.9 Å². The van der Waals surface area contributed by atoms with Gasteiger partial charge in [0.2, 0.25) is 11.7 Å². The fraction of sp³-hybridized carbons (Fsp3) is 0.167. The van der Waals surface area contributed by atoms with Crippen LogP contribution in [0, 0.1) is 17.0 Å². The van der Waals surface area contributed by atoms with Crippen LogP contribution in [0.15, 0.2) is 24.3 Å². The smallest absolute Gasteiger partial charge is 0.390 e. The Bertz CT molecular complexity index is 838. The molecular formula is C12H10N6O3S. The number of carbonyl (C=O) groups excluding carboxylic acids is 1. The van der Waals surface area contributed by atoms with Crippen molar-refractivity contribution in [1.82, 2.24) is 19.7 Å². The van der Waals surface area contributed by atoms with Crippen molar-refractivity contribution in [3.05, 3.63) is 40.2 Å². The molecule has 9 nitrogen and oxygen atoms in total. The monoisotopic (exact) mass is 318 g/mol. The normalized spacial score (nSPS) is 10.8. The summed E-state index contributed by atoms with van der Waals surface area (Å²) in [6, 6.07) is 7.52. The predicted molar refractivity (Wildman–Crippen MR) is 79.7 cm³/mol. The van der Waals surface area contributed by atoms with Crippen molar-refractivity contribution in [3.8, 4) is 0 Å². The summed E-state index contributed by atoms with van der Waals surface area (Å²) in [5.74, 6) is -0.599. The average molecular weight is 318 g/mol. The molecule has 3 aromatic rings. The standard InChI is InChI=1S/C12H10N6O3S/c1-7-13-11(18(20)21)16-17(7)6-10(19)15-12-14-8-4-2-3-5-9(8)22-12/h2-5H,6H2,1H3,(H,14,15,19). The molecule has 0 aliphatic heterocycles. The summed E-state index contributed by atoms with van der Waals surface area (Å²) in [5.41, 5.74) is 0.801. The van der Waals surface area contributed by atoms with E-state index in [4.69, 9.17) is 0 Å². The molecule has 0 fully saturated rings. The SMILES string of the molecule is Cc1nc([N+](=O)[O-])nn1CC(=O)Nc1nc2ccccc2s1. The third-order valence-corrected chi connectivity index (χ3v) is 3.79.